The maximum Gasteiger partial charge on any atom is 0.175 e. The summed E-state index contributed by atoms with van der Waals surface area (Å²) in [5.41, 5.74) is 1.03. The van der Waals surface area contributed by atoms with Crippen LogP contribution in [0.3, 0.4) is 0 Å². The minimum atomic E-state index is -0.235. The Labute approximate surface area is 97.9 Å². The number of aliphatic hydroxyl groups is 1. The van der Waals surface area contributed by atoms with E-state index in [0.29, 0.717) is 18.8 Å². The van der Waals surface area contributed by atoms with E-state index >= 15 is 0 Å². The zero-order chi connectivity index (χ0) is 12.1. The molecule has 0 amide bonds. The van der Waals surface area contributed by atoms with Crippen LogP contribution >= 0.6 is 0 Å². The Balaban J connectivity index is 1.90. The van der Waals surface area contributed by atoms with Gasteiger partial charge < -0.3 is 5.11 Å². The van der Waals surface area contributed by atoms with Gasteiger partial charge in [-0.1, -0.05) is 12.1 Å². The van der Waals surface area contributed by atoms with Gasteiger partial charge in [0.15, 0.2) is 5.82 Å². The first-order chi connectivity index (χ1) is 8.28. The van der Waals surface area contributed by atoms with Crippen molar-refractivity contribution in [3.05, 3.63) is 41.5 Å². The highest BCUT2D eigenvalue weighted by Crippen LogP contribution is 2.05. The molecule has 0 aliphatic rings. The summed E-state index contributed by atoms with van der Waals surface area (Å²) in [6.07, 6.45) is 1.39. The predicted molar refractivity (Wildman–Crippen MR) is 58.7 cm³/mol. The molecule has 0 aliphatic carbocycles. The third-order valence-electron chi connectivity index (χ3n) is 2.34. The second-order valence-corrected chi connectivity index (χ2v) is 3.65. The third-order valence-corrected chi connectivity index (χ3v) is 2.34. The molecule has 0 radical (unpaired) electrons. The molecule has 1 aromatic heterocycles. The summed E-state index contributed by atoms with van der Waals surface area (Å²) < 4.78 is 12.7. The van der Waals surface area contributed by atoms with Crippen molar-refractivity contribution < 1.29 is 9.50 Å². The lowest BCUT2D eigenvalue weighted by Crippen LogP contribution is -2.06. The minimum absolute atomic E-state index is 0.00619. The van der Waals surface area contributed by atoms with Gasteiger partial charge in [0.2, 0.25) is 0 Å². The van der Waals surface area contributed by atoms with Crippen LogP contribution in [-0.4, -0.2) is 31.9 Å². The fourth-order valence-corrected chi connectivity index (χ4v) is 1.47. The molecular formula is C11H13FN4O. The number of hydrogen-bond acceptors (Lipinski definition) is 4. The van der Waals surface area contributed by atoms with Crippen molar-refractivity contribution in [1.82, 2.24) is 20.2 Å². The maximum atomic E-state index is 12.7. The highest BCUT2D eigenvalue weighted by molar-refractivity contribution is 5.16. The van der Waals surface area contributed by atoms with Crippen molar-refractivity contribution >= 4 is 0 Å². The first-order valence-corrected chi connectivity index (χ1v) is 5.40. The Morgan fingerprint density at radius 2 is 1.94 bits per heavy atom. The number of halogens is 1. The number of benzene rings is 1. The molecule has 1 N–H and O–H groups in total. The van der Waals surface area contributed by atoms with Gasteiger partial charge in [-0.25, -0.2) is 4.39 Å². The van der Waals surface area contributed by atoms with Gasteiger partial charge in [0.05, 0.1) is 13.2 Å². The van der Waals surface area contributed by atoms with E-state index in [2.05, 4.69) is 15.4 Å². The van der Waals surface area contributed by atoms with Gasteiger partial charge >= 0.3 is 0 Å². The SMILES string of the molecule is OCCn1nnc(CCc2ccc(F)cc2)n1. The number of rotatable bonds is 5. The lowest BCUT2D eigenvalue weighted by atomic mass is 10.1. The van der Waals surface area contributed by atoms with Crippen molar-refractivity contribution in [2.45, 2.75) is 19.4 Å². The number of tetrazole rings is 1. The van der Waals surface area contributed by atoms with Crippen molar-refractivity contribution in [3.8, 4) is 0 Å². The van der Waals surface area contributed by atoms with Crippen LogP contribution in [0, 0.1) is 5.82 Å². The number of aliphatic hydroxyl groups excluding tert-OH is 1. The molecular weight excluding hydrogens is 223 g/mol. The van der Waals surface area contributed by atoms with Gasteiger partial charge in [0.25, 0.3) is 0 Å². The molecule has 90 valence electrons. The second-order valence-electron chi connectivity index (χ2n) is 3.65. The number of aryl methyl sites for hydroxylation is 2. The van der Waals surface area contributed by atoms with Crippen LogP contribution in [0.5, 0.6) is 0 Å². The molecule has 0 atom stereocenters. The van der Waals surface area contributed by atoms with Crippen LogP contribution < -0.4 is 0 Å². The Bertz CT molecular complexity index is 469. The first kappa shape index (κ1) is 11.7. The smallest absolute Gasteiger partial charge is 0.175 e. The number of aromatic nitrogens is 4. The van der Waals surface area contributed by atoms with Gasteiger partial charge in [0.1, 0.15) is 5.82 Å². The topological polar surface area (TPSA) is 63.8 Å². The molecule has 0 bridgehead atoms. The zero-order valence-electron chi connectivity index (χ0n) is 9.25. The lowest BCUT2D eigenvalue weighted by molar-refractivity contribution is 0.259. The van der Waals surface area contributed by atoms with Crippen molar-refractivity contribution in [2.24, 2.45) is 0 Å². The van der Waals surface area contributed by atoms with Crippen LogP contribution in [0.4, 0.5) is 4.39 Å². The second kappa shape index (κ2) is 5.49. The average Bonchev–Trinajstić information content (AvgIpc) is 2.77. The predicted octanol–water partition coefficient (Wildman–Crippen LogP) is 0.590. The van der Waals surface area contributed by atoms with Gasteiger partial charge in [-0.15, -0.1) is 10.2 Å². The molecule has 2 aromatic rings. The molecule has 0 fully saturated rings. The Morgan fingerprint density at radius 1 is 1.18 bits per heavy atom. The zero-order valence-corrected chi connectivity index (χ0v) is 9.25. The van der Waals surface area contributed by atoms with Crippen LogP contribution in [0.1, 0.15) is 11.4 Å². The molecule has 5 nitrogen and oxygen atoms in total. The van der Waals surface area contributed by atoms with E-state index in [0.717, 1.165) is 12.0 Å². The van der Waals surface area contributed by atoms with E-state index in [4.69, 9.17) is 5.11 Å². The molecule has 0 aliphatic heterocycles. The average molecular weight is 236 g/mol. The summed E-state index contributed by atoms with van der Waals surface area (Å²) in [7, 11) is 0. The summed E-state index contributed by atoms with van der Waals surface area (Å²) in [4.78, 5) is 1.36. The first-order valence-electron chi connectivity index (χ1n) is 5.40. The van der Waals surface area contributed by atoms with Crippen molar-refractivity contribution in [2.75, 3.05) is 6.61 Å². The molecule has 6 heteroatoms. The number of nitrogens with zero attached hydrogens (tertiary/aromatic N) is 4. The highest BCUT2D eigenvalue weighted by atomic mass is 19.1. The van der Waals surface area contributed by atoms with E-state index in [1.165, 1.54) is 16.9 Å². The van der Waals surface area contributed by atoms with Crippen LogP contribution in [0.15, 0.2) is 24.3 Å². The summed E-state index contributed by atoms with van der Waals surface area (Å²) >= 11 is 0. The van der Waals surface area contributed by atoms with Gasteiger partial charge in [-0.05, 0) is 29.3 Å². The van der Waals surface area contributed by atoms with E-state index < -0.39 is 0 Å². The fourth-order valence-electron chi connectivity index (χ4n) is 1.47. The van der Waals surface area contributed by atoms with E-state index in [-0.39, 0.29) is 12.4 Å². The maximum absolute atomic E-state index is 12.7. The normalized spacial score (nSPS) is 10.7. The molecule has 0 unspecified atom stereocenters. The monoisotopic (exact) mass is 236 g/mol. The molecule has 0 spiro atoms. The molecule has 1 heterocycles. The Kier molecular flexibility index (Phi) is 3.77. The van der Waals surface area contributed by atoms with E-state index in [1.807, 2.05) is 0 Å². The van der Waals surface area contributed by atoms with Gasteiger partial charge in [0, 0.05) is 6.42 Å². The van der Waals surface area contributed by atoms with E-state index in [1.54, 1.807) is 12.1 Å². The largest absolute Gasteiger partial charge is 0.394 e. The van der Waals surface area contributed by atoms with Crippen molar-refractivity contribution in [3.63, 3.8) is 0 Å². The minimum Gasteiger partial charge on any atom is -0.394 e. The van der Waals surface area contributed by atoms with Crippen molar-refractivity contribution in [1.29, 1.82) is 0 Å². The van der Waals surface area contributed by atoms with Gasteiger partial charge in [-0.3, -0.25) is 0 Å². The highest BCUT2D eigenvalue weighted by Gasteiger charge is 2.03. The summed E-state index contributed by atoms with van der Waals surface area (Å²) in [6, 6.07) is 6.36. The van der Waals surface area contributed by atoms with Crippen LogP contribution in [0.25, 0.3) is 0 Å². The standard InChI is InChI=1S/C11H13FN4O/c12-10-4-1-9(2-5-10)3-6-11-13-15-16(14-11)7-8-17/h1-2,4-5,17H,3,6-8H2. The lowest BCUT2D eigenvalue weighted by Gasteiger charge is -1.97. The molecule has 1 aromatic carbocycles. The molecule has 0 saturated heterocycles. The Morgan fingerprint density at radius 3 is 2.65 bits per heavy atom. The van der Waals surface area contributed by atoms with Gasteiger partial charge in [-0.2, -0.15) is 4.80 Å². The van der Waals surface area contributed by atoms with Crippen LogP contribution in [-0.2, 0) is 19.4 Å². The molecule has 17 heavy (non-hydrogen) atoms. The summed E-state index contributed by atoms with van der Waals surface area (Å²) in [5.74, 6) is 0.392. The molecule has 0 saturated carbocycles. The summed E-state index contributed by atoms with van der Waals surface area (Å²) in [5, 5.41) is 20.4. The Hall–Kier alpha value is -1.82. The molecule has 2 rings (SSSR count). The van der Waals surface area contributed by atoms with Crippen LogP contribution in [0.2, 0.25) is 0 Å². The third kappa shape index (κ3) is 3.32. The quantitative estimate of drug-likeness (QED) is 0.825. The summed E-state index contributed by atoms with van der Waals surface area (Å²) in [6.45, 7) is 0.345. The fraction of sp³-hybridized carbons (Fsp3) is 0.364. The number of hydrogen-bond donors (Lipinski definition) is 1. The van der Waals surface area contributed by atoms with E-state index in [9.17, 15) is 4.39 Å².